The van der Waals surface area contributed by atoms with E-state index >= 15 is 0 Å². The van der Waals surface area contributed by atoms with Crippen LogP contribution in [0, 0.1) is 17.8 Å². The van der Waals surface area contributed by atoms with Gasteiger partial charge < -0.3 is 4.90 Å². The van der Waals surface area contributed by atoms with Crippen molar-refractivity contribution in [2.24, 2.45) is 17.8 Å². The molecule has 2 heterocycles. The minimum Gasteiger partial charge on any atom is -0.301 e. The maximum atomic E-state index is 2.96. The van der Waals surface area contributed by atoms with E-state index in [4.69, 9.17) is 0 Å². The molecule has 25 heavy (non-hydrogen) atoms. The van der Waals surface area contributed by atoms with Crippen LogP contribution in [0.4, 0.5) is 0 Å². The van der Waals surface area contributed by atoms with Crippen LogP contribution in [0.5, 0.6) is 0 Å². The summed E-state index contributed by atoms with van der Waals surface area (Å²) in [5.41, 5.74) is 0.601. The predicted molar refractivity (Wildman–Crippen MR) is 106 cm³/mol. The number of nitrogens with zero attached hydrogens (tertiary/aromatic N) is 3. The van der Waals surface area contributed by atoms with E-state index in [-0.39, 0.29) is 0 Å². The zero-order chi connectivity index (χ0) is 17.6. The van der Waals surface area contributed by atoms with Crippen molar-refractivity contribution in [3.05, 3.63) is 0 Å². The summed E-state index contributed by atoms with van der Waals surface area (Å²) in [5.74, 6) is 2.85. The van der Waals surface area contributed by atoms with Gasteiger partial charge in [-0.3, -0.25) is 9.80 Å². The Morgan fingerprint density at radius 2 is 1.60 bits per heavy atom. The Labute approximate surface area is 156 Å². The molecular weight excluding hydrogens is 306 g/mol. The van der Waals surface area contributed by atoms with Crippen molar-refractivity contribution in [3.63, 3.8) is 0 Å². The lowest BCUT2D eigenvalue weighted by Crippen LogP contribution is -2.61. The quantitative estimate of drug-likeness (QED) is 0.751. The molecular formula is C22H41N3. The van der Waals surface area contributed by atoms with E-state index in [0.717, 1.165) is 29.8 Å². The Bertz CT molecular complexity index is 442. The van der Waals surface area contributed by atoms with Crippen LogP contribution in [-0.4, -0.2) is 71.6 Å². The Hall–Kier alpha value is -0.120. The van der Waals surface area contributed by atoms with Crippen molar-refractivity contribution in [2.45, 2.75) is 83.8 Å². The molecule has 3 nitrogen and oxygen atoms in total. The lowest BCUT2D eigenvalue weighted by molar-refractivity contribution is -0.0353. The van der Waals surface area contributed by atoms with Crippen LogP contribution in [-0.2, 0) is 0 Å². The Morgan fingerprint density at radius 1 is 0.920 bits per heavy atom. The van der Waals surface area contributed by atoms with Crippen LogP contribution >= 0.6 is 0 Å². The molecule has 1 spiro atoms. The number of likely N-dealkylation sites (tertiary alicyclic amines) is 1. The largest absolute Gasteiger partial charge is 0.301 e. The lowest BCUT2D eigenvalue weighted by atomic mass is 9.72. The van der Waals surface area contributed by atoms with E-state index in [9.17, 15) is 0 Å². The minimum atomic E-state index is 0.601. The molecule has 2 saturated carbocycles. The van der Waals surface area contributed by atoms with Gasteiger partial charge in [0.05, 0.1) is 0 Å². The van der Waals surface area contributed by atoms with Gasteiger partial charge in [-0.15, -0.1) is 0 Å². The highest BCUT2D eigenvalue weighted by Gasteiger charge is 2.55. The molecule has 0 amide bonds. The Balaban J connectivity index is 1.25. The zero-order valence-electron chi connectivity index (χ0n) is 17.2. The molecule has 3 heteroatoms. The molecule has 0 N–H and O–H groups in total. The Kier molecular flexibility index (Phi) is 5.20. The average Bonchev–Trinajstić information content (AvgIpc) is 3.28. The summed E-state index contributed by atoms with van der Waals surface area (Å²) in [6.45, 7) is 17.6. The minimum absolute atomic E-state index is 0.601. The molecule has 4 fully saturated rings. The fourth-order valence-corrected chi connectivity index (χ4v) is 5.83. The first-order valence-electron chi connectivity index (χ1n) is 11.2. The number of hydrogen-bond donors (Lipinski definition) is 0. The summed E-state index contributed by atoms with van der Waals surface area (Å²) in [6.07, 6.45) is 8.74. The third kappa shape index (κ3) is 3.80. The Morgan fingerprint density at radius 3 is 2.16 bits per heavy atom. The van der Waals surface area contributed by atoms with Crippen molar-refractivity contribution >= 4 is 0 Å². The number of hydrogen-bond acceptors (Lipinski definition) is 3. The smallest absolute Gasteiger partial charge is 0.0341 e. The van der Waals surface area contributed by atoms with Gasteiger partial charge in [-0.05, 0) is 83.2 Å². The van der Waals surface area contributed by atoms with Gasteiger partial charge in [-0.2, -0.15) is 0 Å². The molecule has 0 radical (unpaired) electrons. The summed E-state index contributed by atoms with van der Waals surface area (Å²) in [6, 6.07) is 1.66. The van der Waals surface area contributed by atoms with Crippen LogP contribution in [0.1, 0.15) is 66.2 Å². The zero-order valence-corrected chi connectivity index (χ0v) is 17.2. The summed E-state index contributed by atoms with van der Waals surface area (Å²) in [5, 5.41) is 0. The monoisotopic (exact) mass is 347 g/mol. The summed E-state index contributed by atoms with van der Waals surface area (Å²) in [4.78, 5) is 8.47. The van der Waals surface area contributed by atoms with E-state index < -0.39 is 0 Å². The van der Waals surface area contributed by atoms with Crippen LogP contribution in [0.25, 0.3) is 0 Å². The molecule has 0 unspecified atom stereocenters. The van der Waals surface area contributed by atoms with Crippen molar-refractivity contribution in [1.82, 2.24) is 14.7 Å². The second kappa shape index (κ2) is 7.13. The SMILES string of the molecule is CC(C)C1CC(N2CCN(CC3CCN(C(C)C)CC3)CC23CC3)C1. The van der Waals surface area contributed by atoms with Crippen molar-refractivity contribution in [3.8, 4) is 0 Å². The molecule has 2 aliphatic heterocycles. The molecule has 144 valence electrons. The summed E-state index contributed by atoms with van der Waals surface area (Å²) < 4.78 is 0. The number of rotatable bonds is 5. The van der Waals surface area contributed by atoms with Gasteiger partial charge in [0, 0.05) is 43.8 Å². The molecule has 2 saturated heterocycles. The normalized spacial score (nSPS) is 34.8. The van der Waals surface area contributed by atoms with Gasteiger partial charge in [0.25, 0.3) is 0 Å². The molecule has 2 aliphatic carbocycles. The van der Waals surface area contributed by atoms with Crippen LogP contribution < -0.4 is 0 Å². The molecule has 4 aliphatic rings. The molecule has 0 aromatic heterocycles. The fraction of sp³-hybridized carbons (Fsp3) is 1.00. The number of piperidine rings is 1. The standard InChI is InChI=1S/C22H41N3/c1-17(2)20-13-21(14-20)25-12-11-23(16-22(25)7-8-22)15-19-5-9-24(10-6-19)18(3)4/h17-21H,5-16H2,1-4H3. The van der Waals surface area contributed by atoms with Crippen molar-refractivity contribution in [1.29, 1.82) is 0 Å². The van der Waals surface area contributed by atoms with Crippen molar-refractivity contribution < 1.29 is 0 Å². The molecule has 0 bridgehead atoms. The van der Waals surface area contributed by atoms with Crippen LogP contribution in [0.3, 0.4) is 0 Å². The third-order valence-corrected chi connectivity index (χ3v) is 8.04. The van der Waals surface area contributed by atoms with Crippen LogP contribution in [0.15, 0.2) is 0 Å². The predicted octanol–water partition coefficient (Wildman–Crippen LogP) is 3.69. The maximum Gasteiger partial charge on any atom is 0.0341 e. The second-order valence-electron chi connectivity index (χ2n) is 10.4. The average molecular weight is 348 g/mol. The topological polar surface area (TPSA) is 9.72 Å². The summed E-state index contributed by atoms with van der Waals surface area (Å²) >= 11 is 0. The van der Waals surface area contributed by atoms with E-state index in [1.807, 2.05) is 0 Å². The molecule has 0 atom stereocenters. The van der Waals surface area contributed by atoms with Gasteiger partial charge >= 0.3 is 0 Å². The van der Waals surface area contributed by atoms with E-state index in [0.29, 0.717) is 5.54 Å². The first kappa shape index (κ1) is 18.3. The fourth-order valence-electron chi connectivity index (χ4n) is 5.83. The highest BCUT2D eigenvalue weighted by Crippen LogP contribution is 2.50. The third-order valence-electron chi connectivity index (χ3n) is 8.04. The highest BCUT2D eigenvalue weighted by molar-refractivity contribution is 5.11. The van der Waals surface area contributed by atoms with Gasteiger partial charge in [0.2, 0.25) is 0 Å². The van der Waals surface area contributed by atoms with Gasteiger partial charge in [0.1, 0.15) is 0 Å². The maximum absolute atomic E-state index is 2.96. The molecule has 4 rings (SSSR count). The van der Waals surface area contributed by atoms with E-state index in [1.165, 1.54) is 77.8 Å². The summed E-state index contributed by atoms with van der Waals surface area (Å²) in [7, 11) is 0. The van der Waals surface area contributed by atoms with Gasteiger partial charge in [-0.25, -0.2) is 0 Å². The second-order valence-corrected chi connectivity index (χ2v) is 10.4. The highest BCUT2D eigenvalue weighted by atomic mass is 15.4. The van der Waals surface area contributed by atoms with Crippen LogP contribution in [0.2, 0.25) is 0 Å². The van der Waals surface area contributed by atoms with Gasteiger partial charge in [-0.1, -0.05) is 13.8 Å². The molecule has 0 aromatic rings. The first-order chi connectivity index (χ1) is 12.0. The van der Waals surface area contributed by atoms with Gasteiger partial charge in [0.15, 0.2) is 0 Å². The number of piperazine rings is 1. The molecule has 0 aromatic carbocycles. The first-order valence-corrected chi connectivity index (χ1v) is 11.2. The van der Waals surface area contributed by atoms with E-state index in [2.05, 4.69) is 42.4 Å². The van der Waals surface area contributed by atoms with E-state index in [1.54, 1.807) is 0 Å². The van der Waals surface area contributed by atoms with Crippen molar-refractivity contribution in [2.75, 3.05) is 39.3 Å². The lowest BCUT2D eigenvalue weighted by Gasteiger charge is -2.52.